The predicted octanol–water partition coefficient (Wildman–Crippen LogP) is 15.1. The van der Waals surface area contributed by atoms with E-state index in [2.05, 4.69) is 165 Å². The van der Waals surface area contributed by atoms with Crippen LogP contribution < -0.4 is 0 Å². The molecule has 9 rings (SSSR count). The SMILES string of the molecule is C=C/C(=C\c1ccc2cccnc2c1C)c1ccc2ccc(C(=C)N=C(N=C(C)c3ccc4ccc(/C(C=C)=C/c5ccc6cccnc6c5C)cc4c3)c3ccccc3)cc2c1. The summed E-state index contributed by atoms with van der Waals surface area (Å²) in [6.45, 7) is 19.1. The lowest BCUT2D eigenvalue weighted by Gasteiger charge is -2.11. The molecule has 302 valence electrons. The molecule has 9 aromatic rings. The molecule has 0 aliphatic heterocycles. The summed E-state index contributed by atoms with van der Waals surface area (Å²) >= 11 is 0. The summed E-state index contributed by atoms with van der Waals surface area (Å²) in [5.74, 6) is 0.593. The third-order valence-electron chi connectivity index (χ3n) is 11.8. The third-order valence-corrected chi connectivity index (χ3v) is 11.8. The van der Waals surface area contributed by atoms with Crippen LogP contribution >= 0.6 is 0 Å². The maximum atomic E-state index is 5.18. The Morgan fingerprint density at radius 2 is 0.921 bits per heavy atom. The van der Waals surface area contributed by atoms with Gasteiger partial charge in [0.05, 0.1) is 16.7 Å². The van der Waals surface area contributed by atoms with Gasteiger partial charge in [0.1, 0.15) is 0 Å². The number of hydrogen-bond acceptors (Lipinski definition) is 3. The predicted molar refractivity (Wildman–Crippen MR) is 271 cm³/mol. The molecule has 0 bridgehead atoms. The zero-order valence-corrected chi connectivity index (χ0v) is 35.8. The van der Waals surface area contributed by atoms with E-state index in [-0.39, 0.29) is 0 Å². The highest BCUT2D eigenvalue weighted by atomic mass is 14.9. The smallest absolute Gasteiger partial charge is 0.160 e. The van der Waals surface area contributed by atoms with Crippen molar-refractivity contribution in [1.82, 2.24) is 9.97 Å². The Hall–Kier alpha value is -8.08. The summed E-state index contributed by atoms with van der Waals surface area (Å²) in [6, 6.07) is 52.7. The summed E-state index contributed by atoms with van der Waals surface area (Å²) in [7, 11) is 0. The number of hydrogen-bond donors (Lipinski definition) is 0. The molecule has 0 saturated heterocycles. The summed E-state index contributed by atoms with van der Waals surface area (Å²) in [4.78, 5) is 19.6. The Morgan fingerprint density at radius 1 is 0.460 bits per heavy atom. The van der Waals surface area contributed by atoms with Crippen LogP contribution in [0, 0.1) is 13.8 Å². The highest BCUT2D eigenvalue weighted by molar-refractivity contribution is 6.13. The number of amidine groups is 1. The van der Waals surface area contributed by atoms with Gasteiger partial charge in [0, 0.05) is 40.0 Å². The molecule has 0 aliphatic rings. The molecule has 0 saturated carbocycles. The molecule has 63 heavy (non-hydrogen) atoms. The Morgan fingerprint density at radius 3 is 1.44 bits per heavy atom. The molecular formula is C59H46N4. The first kappa shape index (κ1) is 40.3. The first-order chi connectivity index (χ1) is 30.8. The van der Waals surface area contributed by atoms with Crippen LogP contribution in [0.1, 0.15) is 57.0 Å². The minimum absolute atomic E-state index is 0.593. The van der Waals surface area contributed by atoms with E-state index in [0.717, 1.165) is 110 Å². The maximum Gasteiger partial charge on any atom is 0.160 e. The van der Waals surface area contributed by atoms with Gasteiger partial charge in [-0.05, 0) is 141 Å². The molecule has 0 atom stereocenters. The van der Waals surface area contributed by atoms with Crippen LogP contribution in [0.2, 0.25) is 0 Å². The average molecular weight is 811 g/mol. The number of nitrogens with zero attached hydrogens (tertiary/aromatic N) is 4. The van der Waals surface area contributed by atoms with E-state index in [1.807, 2.05) is 73.9 Å². The topological polar surface area (TPSA) is 50.5 Å². The fraction of sp³-hybridized carbons (Fsp3) is 0.0508. The first-order valence-electron chi connectivity index (χ1n) is 21.1. The monoisotopic (exact) mass is 810 g/mol. The van der Waals surface area contributed by atoms with Crippen molar-refractivity contribution in [2.24, 2.45) is 9.98 Å². The van der Waals surface area contributed by atoms with Crippen molar-refractivity contribution in [3.63, 3.8) is 0 Å². The van der Waals surface area contributed by atoms with Crippen LogP contribution in [-0.2, 0) is 0 Å². The lowest BCUT2D eigenvalue weighted by molar-refractivity contribution is 1.36. The minimum Gasteiger partial charge on any atom is -0.256 e. The van der Waals surface area contributed by atoms with Crippen LogP contribution in [0.25, 0.3) is 72.3 Å². The van der Waals surface area contributed by atoms with Crippen molar-refractivity contribution >= 4 is 83.9 Å². The van der Waals surface area contributed by atoms with Crippen molar-refractivity contribution < 1.29 is 0 Å². The van der Waals surface area contributed by atoms with Gasteiger partial charge in [-0.1, -0.05) is 147 Å². The number of aryl methyl sites for hydroxylation is 2. The summed E-state index contributed by atoms with van der Waals surface area (Å²) < 4.78 is 0. The van der Waals surface area contributed by atoms with Gasteiger partial charge in [-0.3, -0.25) is 9.97 Å². The lowest BCUT2D eigenvalue weighted by atomic mass is 9.96. The fourth-order valence-electron chi connectivity index (χ4n) is 8.20. The molecule has 0 fully saturated rings. The Bertz CT molecular complexity index is 3420. The summed E-state index contributed by atoms with van der Waals surface area (Å²) in [5.41, 5.74) is 15.1. The van der Waals surface area contributed by atoms with Gasteiger partial charge in [0.15, 0.2) is 5.84 Å². The molecule has 0 N–H and O–H groups in total. The number of pyridine rings is 2. The largest absolute Gasteiger partial charge is 0.256 e. The number of aliphatic imine (C=N–C) groups is 2. The van der Waals surface area contributed by atoms with Crippen molar-refractivity contribution in [2.45, 2.75) is 20.8 Å². The zero-order valence-electron chi connectivity index (χ0n) is 35.8. The number of rotatable bonds is 10. The molecule has 0 aliphatic carbocycles. The Labute approximate surface area is 369 Å². The van der Waals surface area contributed by atoms with Crippen molar-refractivity contribution in [1.29, 1.82) is 0 Å². The van der Waals surface area contributed by atoms with Gasteiger partial charge in [-0.25, -0.2) is 9.98 Å². The highest BCUT2D eigenvalue weighted by Gasteiger charge is 2.11. The van der Waals surface area contributed by atoms with Crippen molar-refractivity contribution in [3.8, 4) is 0 Å². The van der Waals surface area contributed by atoms with E-state index in [0.29, 0.717) is 11.5 Å². The molecular weight excluding hydrogens is 765 g/mol. The average Bonchev–Trinajstić information content (AvgIpc) is 3.33. The normalized spacial score (nSPS) is 12.6. The molecule has 4 heteroatoms. The van der Waals surface area contributed by atoms with E-state index in [9.17, 15) is 0 Å². The van der Waals surface area contributed by atoms with E-state index in [4.69, 9.17) is 9.98 Å². The Balaban J connectivity index is 1.03. The third kappa shape index (κ3) is 8.35. The van der Waals surface area contributed by atoms with Crippen molar-refractivity contribution in [3.05, 3.63) is 246 Å². The second kappa shape index (κ2) is 17.5. The highest BCUT2D eigenvalue weighted by Crippen LogP contribution is 2.31. The molecule has 0 radical (unpaired) electrons. The molecule has 0 amide bonds. The number of allylic oxidation sites excluding steroid dienone is 4. The van der Waals surface area contributed by atoms with Gasteiger partial charge in [0.25, 0.3) is 0 Å². The number of benzene rings is 7. The second-order valence-corrected chi connectivity index (χ2v) is 15.8. The summed E-state index contributed by atoms with van der Waals surface area (Å²) in [5, 5.41) is 6.73. The van der Waals surface area contributed by atoms with Crippen LogP contribution in [-0.4, -0.2) is 21.5 Å². The Kier molecular flexibility index (Phi) is 11.2. The van der Waals surface area contributed by atoms with E-state index in [1.165, 1.54) is 0 Å². The van der Waals surface area contributed by atoms with Crippen LogP contribution in [0.4, 0.5) is 0 Å². The first-order valence-corrected chi connectivity index (χ1v) is 21.1. The maximum absolute atomic E-state index is 5.18. The van der Waals surface area contributed by atoms with Crippen LogP contribution in [0.5, 0.6) is 0 Å². The molecule has 4 nitrogen and oxygen atoms in total. The van der Waals surface area contributed by atoms with E-state index >= 15 is 0 Å². The van der Waals surface area contributed by atoms with Crippen LogP contribution in [0.15, 0.2) is 206 Å². The van der Waals surface area contributed by atoms with Crippen molar-refractivity contribution in [2.75, 3.05) is 0 Å². The molecule has 7 aromatic carbocycles. The van der Waals surface area contributed by atoms with Gasteiger partial charge >= 0.3 is 0 Å². The number of fused-ring (bicyclic) bond motifs is 4. The quantitative estimate of drug-likeness (QED) is 0.0598. The van der Waals surface area contributed by atoms with Gasteiger partial charge < -0.3 is 0 Å². The number of aromatic nitrogens is 2. The van der Waals surface area contributed by atoms with E-state index in [1.54, 1.807) is 0 Å². The van der Waals surface area contributed by atoms with E-state index < -0.39 is 0 Å². The van der Waals surface area contributed by atoms with Crippen LogP contribution in [0.3, 0.4) is 0 Å². The van der Waals surface area contributed by atoms with Gasteiger partial charge in [0.2, 0.25) is 0 Å². The lowest BCUT2D eigenvalue weighted by Crippen LogP contribution is -2.04. The minimum atomic E-state index is 0.593. The second-order valence-electron chi connectivity index (χ2n) is 15.8. The summed E-state index contributed by atoms with van der Waals surface area (Å²) in [6.07, 6.45) is 11.9. The van der Waals surface area contributed by atoms with Gasteiger partial charge in [-0.15, -0.1) is 0 Å². The molecule has 2 aromatic heterocycles. The van der Waals surface area contributed by atoms with Gasteiger partial charge in [-0.2, -0.15) is 0 Å². The zero-order chi connectivity index (χ0) is 43.5. The molecule has 0 spiro atoms. The fourth-order valence-corrected chi connectivity index (χ4v) is 8.20. The molecule has 0 unspecified atom stereocenters. The standard InChI is InChI=1S/C59H46N4/c1-7-42(32-49-24-22-46-16-12-30-60-57(46)38(49)3)53-28-20-44-18-26-51(34-55(44)36-53)40(5)62-59(48-14-10-9-11-15-48)63-41(6)52-27-19-45-21-29-54(37-56(45)35-52)43(8-2)33-50-25-23-47-17-13-31-61-58(47)39(50)4/h7-37H,1-2,5H2,3-4,6H3/b42-32+,43-33+,62-59?,63-41?. The molecule has 2 heterocycles.